The number of aliphatic carboxylic acids is 1. The third-order valence-corrected chi connectivity index (χ3v) is 5.79. The normalized spacial score (nSPS) is 15.1. The highest BCUT2D eigenvalue weighted by Gasteiger charge is 2.21. The number of hydrogen-bond donors (Lipinski definition) is 3. The fourth-order valence-electron chi connectivity index (χ4n) is 4.04. The number of benzene rings is 3. The van der Waals surface area contributed by atoms with Gasteiger partial charge in [0.25, 0.3) is 0 Å². The lowest BCUT2D eigenvalue weighted by atomic mass is 9.81. The summed E-state index contributed by atoms with van der Waals surface area (Å²) in [5.41, 5.74) is 6.04. The van der Waals surface area contributed by atoms with Crippen molar-refractivity contribution in [1.82, 2.24) is 0 Å². The minimum Gasteiger partial charge on any atom is -0.481 e. The number of rotatable bonds is 5. The minimum atomic E-state index is -0.722. The molecule has 0 saturated carbocycles. The van der Waals surface area contributed by atoms with Crippen LogP contribution in [0.15, 0.2) is 66.7 Å². The van der Waals surface area contributed by atoms with Crippen LogP contribution in [0, 0.1) is 5.92 Å². The summed E-state index contributed by atoms with van der Waals surface area (Å²) in [5, 5.41) is 15.2. The van der Waals surface area contributed by atoms with E-state index in [2.05, 4.69) is 28.8 Å². The van der Waals surface area contributed by atoms with Gasteiger partial charge in [0, 0.05) is 22.8 Å². The summed E-state index contributed by atoms with van der Waals surface area (Å²) in [6.07, 6.45) is 2.88. The Hall–Kier alpha value is -3.31. The van der Waals surface area contributed by atoms with E-state index < -0.39 is 5.97 Å². The predicted molar refractivity (Wildman–Crippen MR) is 124 cm³/mol. The molecule has 1 unspecified atom stereocenters. The molecule has 0 radical (unpaired) electrons. The standard InChI is InChI=1S/C25H23ClN2O3/c26-21-2-1-3-23(15-21)28-25(31)27-22-10-8-17(9-11-22)19-7-6-18-12-16(13-24(29)30)4-5-20(18)14-19/h1-3,6-11,14-16H,4-5,12-13H2,(H,29,30)(H2,27,28,31). The summed E-state index contributed by atoms with van der Waals surface area (Å²) in [6, 6.07) is 20.7. The van der Waals surface area contributed by atoms with Gasteiger partial charge in [-0.25, -0.2) is 4.79 Å². The van der Waals surface area contributed by atoms with Crippen LogP contribution in [0.2, 0.25) is 5.02 Å². The number of anilines is 2. The molecule has 2 amide bonds. The van der Waals surface area contributed by atoms with Gasteiger partial charge in [-0.2, -0.15) is 0 Å². The Kier molecular flexibility index (Phi) is 6.23. The first-order chi connectivity index (χ1) is 15.0. The Morgan fingerprint density at radius 2 is 1.65 bits per heavy atom. The van der Waals surface area contributed by atoms with Gasteiger partial charge in [0.2, 0.25) is 0 Å². The molecule has 0 heterocycles. The average molecular weight is 435 g/mol. The quantitative estimate of drug-likeness (QED) is 0.445. The molecule has 1 aliphatic rings. The monoisotopic (exact) mass is 434 g/mol. The Labute approximate surface area is 186 Å². The van der Waals surface area contributed by atoms with E-state index in [1.165, 1.54) is 11.1 Å². The number of aryl methyl sites for hydroxylation is 1. The van der Waals surface area contributed by atoms with Gasteiger partial charge >= 0.3 is 12.0 Å². The molecule has 1 aliphatic carbocycles. The number of carbonyl (C=O) groups excluding carboxylic acids is 1. The van der Waals surface area contributed by atoms with Crippen molar-refractivity contribution in [2.24, 2.45) is 5.92 Å². The molecule has 3 N–H and O–H groups in total. The number of nitrogens with one attached hydrogen (secondary N) is 2. The topological polar surface area (TPSA) is 78.4 Å². The predicted octanol–water partition coefficient (Wildman–Crippen LogP) is 6.23. The van der Waals surface area contributed by atoms with Gasteiger partial charge in [0.05, 0.1) is 0 Å². The van der Waals surface area contributed by atoms with Crippen molar-refractivity contribution < 1.29 is 14.7 Å². The van der Waals surface area contributed by atoms with Crippen LogP contribution in [-0.2, 0) is 17.6 Å². The van der Waals surface area contributed by atoms with Gasteiger partial charge in [-0.1, -0.05) is 48.0 Å². The van der Waals surface area contributed by atoms with Crippen LogP contribution < -0.4 is 10.6 Å². The SMILES string of the molecule is O=C(O)CC1CCc2cc(-c3ccc(NC(=O)Nc4cccc(Cl)c4)cc3)ccc2C1. The largest absolute Gasteiger partial charge is 0.481 e. The van der Waals surface area contributed by atoms with E-state index >= 15 is 0 Å². The van der Waals surface area contributed by atoms with Crippen molar-refractivity contribution in [3.8, 4) is 11.1 Å². The number of urea groups is 1. The molecule has 5 nitrogen and oxygen atoms in total. The summed E-state index contributed by atoms with van der Waals surface area (Å²) in [5.74, 6) is -0.501. The number of fused-ring (bicyclic) bond motifs is 1. The lowest BCUT2D eigenvalue weighted by Gasteiger charge is -2.24. The number of carboxylic acid groups (broad SMARTS) is 1. The van der Waals surface area contributed by atoms with Gasteiger partial charge in [0.15, 0.2) is 0 Å². The molecule has 0 saturated heterocycles. The smallest absolute Gasteiger partial charge is 0.323 e. The van der Waals surface area contributed by atoms with Crippen LogP contribution >= 0.6 is 11.6 Å². The lowest BCUT2D eigenvalue weighted by Crippen LogP contribution is -2.19. The molecule has 1 atom stereocenters. The van der Waals surface area contributed by atoms with Crippen LogP contribution in [0.5, 0.6) is 0 Å². The van der Waals surface area contributed by atoms with Gasteiger partial charge in [-0.15, -0.1) is 0 Å². The molecule has 3 aromatic rings. The minimum absolute atomic E-state index is 0.222. The Balaban J connectivity index is 1.40. The highest BCUT2D eigenvalue weighted by Crippen LogP contribution is 2.31. The fourth-order valence-corrected chi connectivity index (χ4v) is 4.23. The van der Waals surface area contributed by atoms with Crippen molar-refractivity contribution in [3.05, 3.63) is 82.9 Å². The summed E-state index contributed by atoms with van der Waals surface area (Å²) in [4.78, 5) is 23.2. The zero-order valence-electron chi connectivity index (χ0n) is 16.9. The first-order valence-electron chi connectivity index (χ1n) is 10.2. The Morgan fingerprint density at radius 3 is 2.39 bits per heavy atom. The lowest BCUT2D eigenvalue weighted by molar-refractivity contribution is -0.138. The summed E-state index contributed by atoms with van der Waals surface area (Å²) >= 11 is 5.94. The van der Waals surface area contributed by atoms with Crippen LogP contribution in [0.3, 0.4) is 0 Å². The second kappa shape index (κ2) is 9.23. The van der Waals surface area contributed by atoms with Crippen LogP contribution in [0.1, 0.15) is 24.0 Å². The highest BCUT2D eigenvalue weighted by atomic mass is 35.5. The zero-order valence-corrected chi connectivity index (χ0v) is 17.7. The Morgan fingerprint density at radius 1 is 0.903 bits per heavy atom. The average Bonchev–Trinajstić information content (AvgIpc) is 2.73. The fraction of sp³-hybridized carbons (Fsp3) is 0.200. The van der Waals surface area contributed by atoms with E-state index in [1.54, 1.807) is 24.3 Å². The molecular formula is C25H23ClN2O3. The van der Waals surface area contributed by atoms with Gasteiger partial charge in [-0.05, 0) is 77.8 Å². The molecule has 0 bridgehead atoms. The van der Waals surface area contributed by atoms with Crippen molar-refractivity contribution in [2.45, 2.75) is 25.7 Å². The van der Waals surface area contributed by atoms with E-state index in [1.807, 2.05) is 24.3 Å². The third-order valence-electron chi connectivity index (χ3n) is 5.56. The van der Waals surface area contributed by atoms with Gasteiger partial charge < -0.3 is 15.7 Å². The van der Waals surface area contributed by atoms with E-state index in [-0.39, 0.29) is 18.4 Å². The molecule has 6 heteroatoms. The molecule has 0 spiro atoms. The van der Waals surface area contributed by atoms with Gasteiger partial charge in [-0.3, -0.25) is 4.79 Å². The van der Waals surface area contributed by atoms with Crippen molar-refractivity contribution in [2.75, 3.05) is 10.6 Å². The molecule has 0 aromatic heterocycles. The van der Waals surface area contributed by atoms with E-state index in [9.17, 15) is 9.59 Å². The first-order valence-corrected chi connectivity index (χ1v) is 10.6. The highest BCUT2D eigenvalue weighted by molar-refractivity contribution is 6.30. The molecule has 0 fully saturated rings. The van der Waals surface area contributed by atoms with Crippen LogP contribution in [-0.4, -0.2) is 17.1 Å². The zero-order chi connectivity index (χ0) is 21.8. The van der Waals surface area contributed by atoms with Crippen molar-refractivity contribution >= 4 is 35.0 Å². The maximum atomic E-state index is 12.2. The van der Waals surface area contributed by atoms with E-state index in [0.717, 1.165) is 30.4 Å². The maximum Gasteiger partial charge on any atom is 0.323 e. The van der Waals surface area contributed by atoms with Crippen LogP contribution in [0.25, 0.3) is 11.1 Å². The number of amides is 2. The molecule has 3 aromatic carbocycles. The van der Waals surface area contributed by atoms with Crippen molar-refractivity contribution in [3.63, 3.8) is 0 Å². The molecule has 31 heavy (non-hydrogen) atoms. The molecular weight excluding hydrogens is 412 g/mol. The van der Waals surface area contributed by atoms with Gasteiger partial charge in [0.1, 0.15) is 0 Å². The number of hydrogen-bond acceptors (Lipinski definition) is 2. The van der Waals surface area contributed by atoms with E-state index in [0.29, 0.717) is 16.4 Å². The van der Waals surface area contributed by atoms with E-state index in [4.69, 9.17) is 16.7 Å². The summed E-state index contributed by atoms with van der Waals surface area (Å²) in [7, 11) is 0. The maximum absolute atomic E-state index is 12.2. The second-order valence-corrected chi connectivity index (χ2v) is 8.29. The summed E-state index contributed by atoms with van der Waals surface area (Å²) < 4.78 is 0. The van der Waals surface area contributed by atoms with Crippen molar-refractivity contribution in [1.29, 1.82) is 0 Å². The van der Waals surface area contributed by atoms with Crippen LogP contribution in [0.4, 0.5) is 16.2 Å². The molecule has 4 rings (SSSR count). The number of carbonyl (C=O) groups is 2. The first kappa shape index (κ1) is 20.9. The molecule has 158 valence electrons. The molecule has 0 aliphatic heterocycles. The second-order valence-electron chi connectivity index (χ2n) is 7.86. The number of halogens is 1. The Bertz CT molecular complexity index is 1110. The summed E-state index contributed by atoms with van der Waals surface area (Å²) in [6.45, 7) is 0. The number of carboxylic acids is 1. The third kappa shape index (κ3) is 5.44.